The molecule has 23 heavy (non-hydrogen) atoms. The highest BCUT2D eigenvalue weighted by atomic mass is 32.1. The van der Waals surface area contributed by atoms with E-state index in [1.807, 2.05) is 24.3 Å². The van der Waals surface area contributed by atoms with Gasteiger partial charge in [0.25, 0.3) is 0 Å². The number of nitrogen functional groups attached to an aromatic ring is 1. The number of hydrogen-bond acceptors (Lipinski definition) is 6. The number of ketones is 1. The molecule has 0 amide bonds. The number of carbonyl (C=O) groups excluding carboxylic acids is 2. The Hall–Kier alpha value is -2.67. The predicted molar refractivity (Wildman–Crippen MR) is 88.8 cm³/mol. The third-order valence-electron chi connectivity index (χ3n) is 3.60. The van der Waals surface area contributed by atoms with Crippen molar-refractivity contribution in [3.05, 3.63) is 47.3 Å². The number of para-hydroxylation sites is 1. The molecule has 1 atom stereocenters. The van der Waals surface area contributed by atoms with Gasteiger partial charge in [0.1, 0.15) is 10.6 Å². The van der Waals surface area contributed by atoms with Gasteiger partial charge in [-0.3, -0.25) is 4.79 Å². The number of aromatic nitrogens is 2. The first-order chi connectivity index (χ1) is 11.0. The number of nitrogens with two attached hydrogens (primary N) is 1. The maximum absolute atomic E-state index is 12.6. The highest BCUT2D eigenvalue weighted by Gasteiger charge is 2.25. The Labute approximate surface area is 136 Å². The quantitative estimate of drug-likeness (QED) is 0.566. The number of H-pyrrole nitrogens is 1. The summed E-state index contributed by atoms with van der Waals surface area (Å²) in [5.41, 5.74) is 7.81. The molecule has 2 aromatic heterocycles. The molecular weight excluding hydrogens is 314 g/mol. The van der Waals surface area contributed by atoms with Crippen LogP contribution in [0.15, 0.2) is 30.5 Å². The van der Waals surface area contributed by atoms with Crippen molar-refractivity contribution in [2.45, 2.75) is 20.0 Å². The van der Waals surface area contributed by atoms with E-state index in [0.717, 1.165) is 22.4 Å². The van der Waals surface area contributed by atoms with Crippen LogP contribution in [0.25, 0.3) is 10.9 Å². The van der Waals surface area contributed by atoms with Crippen LogP contribution in [0.2, 0.25) is 0 Å². The number of ether oxygens (including phenoxy) is 1. The van der Waals surface area contributed by atoms with Crippen molar-refractivity contribution in [3.63, 3.8) is 0 Å². The lowest BCUT2D eigenvalue weighted by Crippen LogP contribution is -2.24. The van der Waals surface area contributed by atoms with Crippen molar-refractivity contribution >= 4 is 39.2 Å². The third-order valence-corrected chi connectivity index (χ3v) is 4.37. The van der Waals surface area contributed by atoms with E-state index in [-0.39, 0.29) is 11.3 Å². The first-order valence-corrected chi connectivity index (χ1v) is 7.79. The lowest BCUT2D eigenvalue weighted by atomic mass is 10.1. The summed E-state index contributed by atoms with van der Waals surface area (Å²) in [5.74, 6) is -0.898. The van der Waals surface area contributed by atoms with E-state index in [1.54, 1.807) is 20.0 Å². The molecule has 2 heterocycles. The third kappa shape index (κ3) is 2.70. The number of carbonyl (C=O) groups is 2. The van der Waals surface area contributed by atoms with Gasteiger partial charge in [-0.2, -0.15) is 4.37 Å². The Balaban J connectivity index is 1.82. The van der Waals surface area contributed by atoms with Crippen LogP contribution in [-0.2, 0) is 4.74 Å². The number of benzene rings is 1. The first-order valence-electron chi connectivity index (χ1n) is 7.02. The molecule has 0 aliphatic rings. The van der Waals surface area contributed by atoms with Crippen molar-refractivity contribution in [1.82, 2.24) is 9.36 Å². The van der Waals surface area contributed by atoms with Gasteiger partial charge in [0.15, 0.2) is 6.10 Å². The highest BCUT2D eigenvalue weighted by Crippen LogP contribution is 2.24. The van der Waals surface area contributed by atoms with Crippen LogP contribution in [0.5, 0.6) is 0 Å². The molecule has 0 radical (unpaired) electrons. The van der Waals surface area contributed by atoms with E-state index in [9.17, 15) is 9.59 Å². The highest BCUT2D eigenvalue weighted by molar-refractivity contribution is 7.10. The molecule has 6 nitrogen and oxygen atoms in total. The van der Waals surface area contributed by atoms with Gasteiger partial charge in [-0.25, -0.2) is 4.79 Å². The molecule has 0 saturated carbocycles. The van der Waals surface area contributed by atoms with Gasteiger partial charge < -0.3 is 15.5 Å². The molecule has 0 unspecified atom stereocenters. The minimum absolute atomic E-state index is 0.230. The molecule has 0 fully saturated rings. The smallest absolute Gasteiger partial charge is 0.343 e. The number of nitrogens with one attached hydrogen (secondary N) is 1. The summed E-state index contributed by atoms with van der Waals surface area (Å²) < 4.78 is 9.28. The van der Waals surface area contributed by atoms with Gasteiger partial charge in [0, 0.05) is 22.7 Å². The molecule has 1 aromatic carbocycles. The van der Waals surface area contributed by atoms with Gasteiger partial charge in [-0.1, -0.05) is 18.2 Å². The minimum Gasteiger partial charge on any atom is -0.451 e. The number of rotatable bonds is 4. The lowest BCUT2D eigenvalue weighted by Gasteiger charge is -2.12. The summed E-state index contributed by atoms with van der Waals surface area (Å²) in [4.78, 5) is 27.8. The monoisotopic (exact) mass is 329 g/mol. The predicted octanol–water partition coefficient (Wildman–Crippen LogP) is 2.94. The van der Waals surface area contributed by atoms with Gasteiger partial charge in [-0.05, 0) is 31.4 Å². The Kier molecular flexibility index (Phi) is 3.87. The molecule has 3 N–H and O–H groups in total. The van der Waals surface area contributed by atoms with Gasteiger partial charge in [0.2, 0.25) is 5.78 Å². The number of esters is 1. The molecule has 0 saturated heterocycles. The number of hydrogen-bond donors (Lipinski definition) is 2. The SMILES string of the molecule is Cc1nsc(N)c1C(=O)O[C@@H](C)C(=O)c1c[nH]c2ccccc12. The Bertz CT molecular complexity index is 878. The summed E-state index contributed by atoms with van der Waals surface area (Å²) in [6.07, 6.45) is 0.712. The van der Waals surface area contributed by atoms with Crippen molar-refractivity contribution in [1.29, 1.82) is 0 Å². The molecule has 3 aromatic rings. The fraction of sp³-hybridized carbons (Fsp3) is 0.188. The lowest BCUT2D eigenvalue weighted by molar-refractivity contribution is 0.0320. The maximum Gasteiger partial charge on any atom is 0.343 e. The topological polar surface area (TPSA) is 98.1 Å². The maximum atomic E-state index is 12.6. The second-order valence-electron chi connectivity index (χ2n) is 5.17. The molecule has 7 heteroatoms. The van der Waals surface area contributed by atoms with Crippen LogP contribution in [-0.4, -0.2) is 27.2 Å². The summed E-state index contributed by atoms with van der Waals surface area (Å²) >= 11 is 1.03. The molecule has 0 aliphatic carbocycles. The second-order valence-corrected chi connectivity index (χ2v) is 5.97. The Morgan fingerprint density at radius 3 is 2.78 bits per heavy atom. The van der Waals surface area contributed by atoms with Gasteiger partial charge in [-0.15, -0.1) is 0 Å². The van der Waals surface area contributed by atoms with E-state index in [0.29, 0.717) is 16.3 Å². The van der Waals surface area contributed by atoms with Crippen LogP contribution in [0.3, 0.4) is 0 Å². The summed E-state index contributed by atoms with van der Waals surface area (Å²) in [6.45, 7) is 3.23. The molecule has 0 bridgehead atoms. The van der Waals surface area contributed by atoms with E-state index >= 15 is 0 Å². The number of aromatic amines is 1. The largest absolute Gasteiger partial charge is 0.451 e. The van der Waals surface area contributed by atoms with E-state index in [4.69, 9.17) is 10.5 Å². The molecule has 0 aliphatic heterocycles. The van der Waals surface area contributed by atoms with Crippen molar-refractivity contribution in [2.24, 2.45) is 0 Å². The minimum atomic E-state index is -0.916. The summed E-state index contributed by atoms with van der Waals surface area (Å²) in [7, 11) is 0. The number of anilines is 1. The molecular formula is C16H15N3O3S. The Morgan fingerprint density at radius 2 is 2.09 bits per heavy atom. The normalized spacial score (nSPS) is 12.3. The van der Waals surface area contributed by atoms with E-state index < -0.39 is 12.1 Å². The zero-order chi connectivity index (χ0) is 16.6. The van der Waals surface area contributed by atoms with Crippen molar-refractivity contribution < 1.29 is 14.3 Å². The molecule has 3 rings (SSSR count). The average molecular weight is 329 g/mol. The standard InChI is InChI=1S/C16H15N3O3S/c1-8-13(15(17)23-19-8)16(21)22-9(2)14(20)11-7-18-12-6-4-3-5-10(11)12/h3-7,9,18H,17H2,1-2H3/t9-/m0/s1. The molecule has 0 spiro atoms. The van der Waals surface area contributed by atoms with Gasteiger partial charge in [0.05, 0.1) is 5.69 Å². The van der Waals surface area contributed by atoms with Crippen LogP contribution in [0.4, 0.5) is 5.00 Å². The summed E-state index contributed by atoms with van der Waals surface area (Å²) in [5, 5.41) is 1.09. The van der Waals surface area contributed by atoms with Gasteiger partial charge >= 0.3 is 5.97 Å². The van der Waals surface area contributed by atoms with Crippen molar-refractivity contribution in [2.75, 3.05) is 5.73 Å². The fourth-order valence-corrected chi connectivity index (χ4v) is 3.05. The number of nitrogens with zero attached hydrogens (tertiary/aromatic N) is 1. The van der Waals surface area contributed by atoms with E-state index in [1.165, 1.54) is 0 Å². The fourth-order valence-electron chi connectivity index (χ4n) is 2.40. The van der Waals surface area contributed by atoms with Crippen molar-refractivity contribution in [3.8, 4) is 0 Å². The first kappa shape index (κ1) is 15.2. The van der Waals surface area contributed by atoms with Crippen LogP contribution in [0, 0.1) is 6.92 Å². The van der Waals surface area contributed by atoms with Crippen LogP contribution in [0.1, 0.15) is 33.3 Å². The second kappa shape index (κ2) is 5.85. The van der Waals surface area contributed by atoms with Crippen LogP contribution >= 0.6 is 11.5 Å². The van der Waals surface area contributed by atoms with E-state index in [2.05, 4.69) is 9.36 Å². The number of Topliss-reactive ketones (excluding diaryl/α,β-unsaturated/α-hetero) is 1. The zero-order valence-electron chi connectivity index (χ0n) is 12.6. The Morgan fingerprint density at radius 1 is 1.35 bits per heavy atom. The van der Waals surface area contributed by atoms with Crippen LogP contribution < -0.4 is 5.73 Å². The zero-order valence-corrected chi connectivity index (χ0v) is 13.4. The number of fused-ring (bicyclic) bond motifs is 1. The summed E-state index contributed by atoms with van der Waals surface area (Å²) in [6, 6.07) is 7.46. The molecule has 118 valence electrons. The average Bonchev–Trinajstić information content (AvgIpc) is 3.10. The number of aryl methyl sites for hydroxylation is 1.